The molecule has 0 aromatic rings. The van der Waals surface area contributed by atoms with Gasteiger partial charge in [0, 0.05) is 19.3 Å². The standard InChI is InChI=1S/C73H114O12/c1-4-7-10-13-16-19-22-25-28-31-33-36-38-41-44-47-50-53-56-59-65(74)81-62-64(83-66(75)60-57-54-51-48-45-42-39-35-30-27-24-21-18-15-12-9-6-3)63-82-73-71(69(78)68(77)70(85-73)72(79)80)84-67(76)61-58-55-52-49-46-43-40-37-34-32-29-26-23-20-17-14-11-8-5-2/h8-9,11-12,17-18,20-21,25-30,34,37,39,42-43,46,48,51-52,55,64,68-71,73,77-78H,4-7,10,13-16,19,22-24,31-33,35-36,38,40-41,44-45,47,49-50,53-54,56-63H2,1-3H3,(H,79,80)/b11-8-,12-9-,20-17-,21-18-,28-25-,29-26-,30-27-,37-34-,42-39-,46-43-,51-48-,55-52-. The second kappa shape index (κ2) is 59.0. The molecule has 85 heavy (non-hydrogen) atoms. The molecular weight excluding hydrogens is 1070 g/mol. The molecule has 1 aliphatic rings. The van der Waals surface area contributed by atoms with Gasteiger partial charge in [0.1, 0.15) is 18.8 Å². The summed E-state index contributed by atoms with van der Waals surface area (Å²) in [5.74, 6) is -3.33. The minimum absolute atomic E-state index is 0.0678. The number of hydrogen-bond donors (Lipinski definition) is 3. The Kier molecular flexibility index (Phi) is 53.8. The third-order valence-electron chi connectivity index (χ3n) is 13.9. The van der Waals surface area contributed by atoms with E-state index in [-0.39, 0.29) is 25.9 Å². The number of carboxylic acid groups (broad SMARTS) is 1. The minimum atomic E-state index is -1.95. The van der Waals surface area contributed by atoms with Gasteiger partial charge in [-0.25, -0.2) is 4.79 Å². The molecular formula is C73H114O12. The molecule has 0 saturated carbocycles. The van der Waals surface area contributed by atoms with Crippen LogP contribution in [0.4, 0.5) is 0 Å². The first kappa shape index (κ1) is 77.6. The maximum atomic E-state index is 13.2. The van der Waals surface area contributed by atoms with Crippen LogP contribution in [0.1, 0.15) is 239 Å². The number of aliphatic hydroxyl groups is 2. The number of hydrogen-bond acceptors (Lipinski definition) is 11. The lowest BCUT2D eigenvalue weighted by atomic mass is 9.98. The van der Waals surface area contributed by atoms with Crippen molar-refractivity contribution >= 4 is 23.9 Å². The predicted molar refractivity (Wildman–Crippen MR) is 349 cm³/mol. The van der Waals surface area contributed by atoms with Crippen LogP contribution < -0.4 is 0 Å². The van der Waals surface area contributed by atoms with Gasteiger partial charge in [-0.3, -0.25) is 14.4 Å². The van der Waals surface area contributed by atoms with Crippen LogP contribution in [0.2, 0.25) is 0 Å². The van der Waals surface area contributed by atoms with Crippen LogP contribution in [-0.2, 0) is 42.9 Å². The fourth-order valence-corrected chi connectivity index (χ4v) is 8.95. The van der Waals surface area contributed by atoms with E-state index in [1.165, 1.54) is 77.0 Å². The Balaban J connectivity index is 2.74. The van der Waals surface area contributed by atoms with E-state index >= 15 is 0 Å². The first-order valence-corrected chi connectivity index (χ1v) is 32.8. The number of esters is 3. The van der Waals surface area contributed by atoms with Crippen molar-refractivity contribution < 1.29 is 58.2 Å². The maximum Gasteiger partial charge on any atom is 0.335 e. The molecule has 1 rings (SSSR count). The quantitative estimate of drug-likeness (QED) is 0.0228. The normalized spacial score (nSPS) is 18.4. The molecule has 0 aromatic carbocycles. The van der Waals surface area contributed by atoms with E-state index in [0.717, 1.165) is 89.9 Å². The molecule has 1 saturated heterocycles. The zero-order valence-electron chi connectivity index (χ0n) is 52.8. The van der Waals surface area contributed by atoms with Gasteiger partial charge in [-0.15, -0.1) is 0 Å². The summed E-state index contributed by atoms with van der Waals surface area (Å²) >= 11 is 0. The molecule has 0 spiro atoms. The maximum absolute atomic E-state index is 13.2. The van der Waals surface area contributed by atoms with Crippen LogP contribution in [-0.4, -0.2) is 89.2 Å². The van der Waals surface area contributed by atoms with E-state index in [1.807, 2.05) is 30.4 Å². The van der Waals surface area contributed by atoms with Gasteiger partial charge in [0.05, 0.1) is 6.61 Å². The van der Waals surface area contributed by atoms with E-state index in [4.69, 9.17) is 23.7 Å². The largest absolute Gasteiger partial charge is 0.479 e. The molecule has 0 radical (unpaired) electrons. The van der Waals surface area contributed by atoms with Gasteiger partial charge in [0.2, 0.25) is 0 Å². The summed E-state index contributed by atoms with van der Waals surface area (Å²) < 4.78 is 28.4. The second-order valence-electron chi connectivity index (χ2n) is 21.6. The number of aliphatic hydroxyl groups excluding tert-OH is 2. The fraction of sp³-hybridized carbons (Fsp3) is 0.616. The minimum Gasteiger partial charge on any atom is -0.479 e. The van der Waals surface area contributed by atoms with Crippen LogP contribution in [0.3, 0.4) is 0 Å². The Morgan fingerprint density at radius 2 is 0.776 bits per heavy atom. The number of unbranched alkanes of at least 4 members (excludes halogenated alkanes) is 16. The highest BCUT2D eigenvalue weighted by Gasteiger charge is 2.50. The Morgan fingerprint density at radius 1 is 0.400 bits per heavy atom. The van der Waals surface area contributed by atoms with Crippen molar-refractivity contribution in [2.24, 2.45) is 0 Å². The lowest BCUT2D eigenvalue weighted by Crippen LogP contribution is -2.61. The van der Waals surface area contributed by atoms with Crippen molar-refractivity contribution in [1.29, 1.82) is 0 Å². The Bertz CT molecular complexity index is 2030. The molecule has 12 nitrogen and oxygen atoms in total. The van der Waals surface area contributed by atoms with Crippen molar-refractivity contribution in [3.63, 3.8) is 0 Å². The summed E-state index contributed by atoms with van der Waals surface area (Å²) in [7, 11) is 0. The Labute approximate surface area is 514 Å². The summed E-state index contributed by atoms with van der Waals surface area (Å²) in [5, 5.41) is 31.6. The molecule has 1 aliphatic heterocycles. The smallest absolute Gasteiger partial charge is 0.335 e. The van der Waals surface area contributed by atoms with Crippen molar-refractivity contribution in [3.8, 4) is 0 Å². The van der Waals surface area contributed by atoms with Crippen LogP contribution in [0.15, 0.2) is 146 Å². The van der Waals surface area contributed by atoms with E-state index in [0.29, 0.717) is 32.1 Å². The third-order valence-corrected chi connectivity index (χ3v) is 13.9. The van der Waals surface area contributed by atoms with E-state index < -0.39 is 67.3 Å². The van der Waals surface area contributed by atoms with Gasteiger partial charge in [-0.1, -0.05) is 244 Å². The van der Waals surface area contributed by atoms with Crippen LogP contribution >= 0.6 is 0 Å². The monoisotopic (exact) mass is 1180 g/mol. The van der Waals surface area contributed by atoms with Crippen LogP contribution in [0.25, 0.3) is 0 Å². The zero-order chi connectivity index (χ0) is 61.7. The van der Waals surface area contributed by atoms with Gasteiger partial charge >= 0.3 is 23.9 Å². The summed E-state index contributed by atoms with van der Waals surface area (Å²) in [6, 6.07) is 0. The van der Waals surface area contributed by atoms with E-state index in [9.17, 15) is 34.5 Å². The third kappa shape index (κ3) is 48.4. The molecule has 6 atom stereocenters. The topological polar surface area (TPSA) is 175 Å². The lowest BCUT2D eigenvalue weighted by Gasteiger charge is -2.40. The van der Waals surface area contributed by atoms with Gasteiger partial charge in [0.25, 0.3) is 0 Å². The van der Waals surface area contributed by atoms with Gasteiger partial charge in [-0.2, -0.15) is 0 Å². The molecule has 12 heteroatoms. The lowest BCUT2D eigenvalue weighted by molar-refractivity contribution is -0.301. The Morgan fingerprint density at radius 3 is 1.22 bits per heavy atom. The summed E-state index contributed by atoms with van der Waals surface area (Å²) in [6.45, 7) is 5.69. The zero-order valence-corrected chi connectivity index (χ0v) is 52.8. The summed E-state index contributed by atoms with van der Waals surface area (Å²) in [4.78, 5) is 51.3. The van der Waals surface area contributed by atoms with Crippen molar-refractivity contribution in [2.45, 2.75) is 276 Å². The number of allylic oxidation sites excluding steroid dienone is 24. The van der Waals surface area contributed by atoms with Crippen LogP contribution in [0, 0.1) is 0 Å². The number of rotatable bonds is 54. The first-order chi connectivity index (χ1) is 41.6. The predicted octanol–water partition coefficient (Wildman–Crippen LogP) is 17.9. The van der Waals surface area contributed by atoms with Crippen LogP contribution in [0.5, 0.6) is 0 Å². The molecule has 0 aliphatic carbocycles. The molecule has 0 bridgehead atoms. The first-order valence-electron chi connectivity index (χ1n) is 32.8. The van der Waals surface area contributed by atoms with Crippen molar-refractivity contribution in [3.05, 3.63) is 146 Å². The van der Waals surface area contributed by atoms with E-state index in [2.05, 4.69) is 136 Å². The Hall–Kier alpha value is -5.40. The molecule has 0 aromatic heterocycles. The number of ether oxygens (including phenoxy) is 5. The van der Waals surface area contributed by atoms with Gasteiger partial charge < -0.3 is 39.0 Å². The molecule has 478 valence electrons. The average Bonchev–Trinajstić information content (AvgIpc) is 2.79. The van der Waals surface area contributed by atoms with Gasteiger partial charge in [0.15, 0.2) is 24.6 Å². The average molecular weight is 1180 g/mol. The number of aliphatic carboxylic acids is 1. The highest BCUT2D eigenvalue weighted by atomic mass is 16.7. The summed E-state index contributed by atoms with van der Waals surface area (Å²) in [6.07, 6.45) is 72.5. The second-order valence-corrected chi connectivity index (χ2v) is 21.6. The molecule has 3 N–H and O–H groups in total. The van der Waals surface area contributed by atoms with Crippen molar-refractivity contribution in [1.82, 2.24) is 0 Å². The number of carboxylic acids is 1. The molecule has 0 amide bonds. The summed E-state index contributed by atoms with van der Waals surface area (Å²) in [5.41, 5.74) is 0. The highest BCUT2D eigenvalue weighted by molar-refractivity contribution is 5.74. The SMILES string of the molecule is CC/C=C\C/C=C\C/C=C\C/C=C\C/C=C\C/C=C\CCC(=O)OC1C(OCC(COC(=O)CCCCCCCCCCC/C=C\CCCCCCCC)OC(=O)CCC/C=C\C/C=C\C/C=C\C/C=C\C/C=C\CC)OC(C(=O)O)C(O)C1O. The molecule has 6 unspecified atom stereocenters. The number of carbonyl (C=O) groups excluding carboxylic acids is 3. The van der Waals surface area contributed by atoms with Crippen molar-refractivity contribution in [2.75, 3.05) is 13.2 Å². The number of carbonyl (C=O) groups is 4. The fourth-order valence-electron chi connectivity index (χ4n) is 8.95. The van der Waals surface area contributed by atoms with E-state index in [1.54, 1.807) is 0 Å². The highest BCUT2D eigenvalue weighted by Crippen LogP contribution is 2.26. The molecule has 1 heterocycles. The van der Waals surface area contributed by atoms with Gasteiger partial charge in [-0.05, 0) is 122 Å². The molecule has 1 fully saturated rings.